The molecule has 4 heteroatoms. The molecule has 0 bridgehead atoms. The van der Waals surface area contributed by atoms with Gasteiger partial charge in [0.2, 0.25) is 0 Å². The van der Waals surface area contributed by atoms with E-state index >= 15 is 0 Å². The average molecular weight is 280 g/mol. The lowest BCUT2D eigenvalue weighted by Gasteiger charge is -2.23. The minimum absolute atomic E-state index is 0.276. The van der Waals surface area contributed by atoms with Gasteiger partial charge < -0.3 is 10.1 Å². The van der Waals surface area contributed by atoms with E-state index in [-0.39, 0.29) is 5.60 Å². The molecule has 19 heavy (non-hydrogen) atoms. The molecule has 0 radical (unpaired) electrons. The van der Waals surface area contributed by atoms with Gasteiger partial charge in [-0.15, -0.1) is 11.3 Å². The van der Waals surface area contributed by atoms with Gasteiger partial charge in [0.1, 0.15) is 0 Å². The largest absolute Gasteiger partial charge is 0.370 e. The number of aryl methyl sites for hydroxylation is 1. The van der Waals surface area contributed by atoms with Gasteiger partial charge in [-0.2, -0.15) is 0 Å². The number of hydrogen-bond acceptors (Lipinski definition) is 4. The fourth-order valence-electron chi connectivity index (χ4n) is 3.43. The van der Waals surface area contributed by atoms with Crippen molar-refractivity contribution < 1.29 is 4.74 Å². The van der Waals surface area contributed by atoms with Crippen LogP contribution >= 0.6 is 11.3 Å². The Hall–Kier alpha value is -0.450. The Balaban J connectivity index is 1.35. The van der Waals surface area contributed by atoms with E-state index < -0.39 is 0 Å². The summed E-state index contributed by atoms with van der Waals surface area (Å²) >= 11 is 1.74. The maximum absolute atomic E-state index is 6.29. The van der Waals surface area contributed by atoms with Gasteiger partial charge in [0, 0.05) is 24.9 Å². The SMILES string of the molecule is Cc1nc(CCNCC2CCC3(CCCC3)O2)cs1. The highest BCUT2D eigenvalue weighted by Gasteiger charge is 2.41. The van der Waals surface area contributed by atoms with E-state index in [4.69, 9.17) is 4.74 Å². The quantitative estimate of drug-likeness (QED) is 0.842. The number of ether oxygens (including phenoxy) is 1. The number of aromatic nitrogens is 1. The normalized spacial score (nSPS) is 25.4. The van der Waals surface area contributed by atoms with E-state index in [9.17, 15) is 0 Å². The summed E-state index contributed by atoms with van der Waals surface area (Å²) in [7, 11) is 0. The van der Waals surface area contributed by atoms with Crippen molar-refractivity contribution in [1.29, 1.82) is 0 Å². The van der Waals surface area contributed by atoms with Crippen LogP contribution in [0, 0.1) is 6.92 Å². The van der Waals surface area contributed by atoms with Crippen LogP contribution in [-0.4, -0.2) is 29.8 Å². The van der Waals surface area contributed by atoms with Gasteiger partial charge in [-0.3, -0.25) is 0 Å². The molecule has 2 fully saturated rings. The number of nitrogens with zero attached hydrogens (tertiary/aromatic N) is 1. The minimum Gasteiger partial charge on any atom is -0.370 e. The third kappa shape index (κ3) is 3.36. The van der Waals surface area contributed by atoms with E-state index in [1.165, 1.54) is 44.2 Å². The zero-order chi connectivity index (χ0) is 13.1. The summed E-state index contributed by atoms with van der Waals surface area (Å²) in [5.74, 6) is 0. The Morgan fingerprint density at radius 1 is 1.42 bits per heavy atom. The van der Waals surface area contributed by atoms with Crippen LogP contribution in [0.2, 0.25) is 0 Å². The predicted molar refractivity (Wildman–Crippen MR) is 78.7 cm³/mol. The number of hydrogen-bond donors (Lipinski definition) is 1. The van der Waals surface area contributed by atoms with Crippen molar-refractivity contribution in [2.45, 2.75) is 63.6 Å². The molecule has 1 aromatic rings. The lowest BCUT2D eigenvalue weighted by Crippen LogP contribution is -2.31. The Morgan fingerprint density at radius 3 is 3.00 bits per heavy atom. The van der Waals surface area contributed by atoms with E-state index in [1.54, 1.807) is 11.3 Å². The highest BCUT2D eigenvalue weighted by atomic mass is 32.1. The van der Waals surface area contributed by atoms with Crippen molar-refractivity contribution in [3.8, 4) is 0 Å². The third-order valence-corrected chi connectivity index (χ3v) is 5.27. The molecule has 1 aliphatic heterocycles. The van der Waals surface area contributed by atoms with Gasteiger partial charge in [-0.1, -0.05) is 12.8 Å². The van der Waals surface area contributed by atoms with Crippen molar-refractivity contribution in [3.63, 3.8) is 0 Å². The van der Waals surface area contributed by atoms with Crippen molar-refractivity contribution in [3.05, 3.63) is 16.1 Å². The van der Waals surface area contributed by atoms with Gasteiger partial charge in [0.15, 0.2) is 0 Å². The molecule has 0 amide bonds. The molecule has 1 unspecified atom stereocenters. The van der Waals surface area contributed by atoms with Crippen LogP contribution in [-0.2, 0) is 11.2 Å². The molecule has 1 atom stereocenters. The van der Waals surface area contributed by atoms with E-state index in [2.05, 4.69) is 22.6 Å². The first-order valence-electron chi connectivity index (χ1n) is 7.55. The van der Waals surface area contributed by atoms with Crippen LogP contribution < -0.4 is 5.32 Å². The Kier molecular flexibility index (Phi) is 4.20. The maximum atomic E-state index is 6.29. The summed E-state index contributed by atoms with van der Waals surface area (Å²) in [6.07, 6.45) is 9.31. The highest BCUT2D eigenvalue weighted by Crippen LogP contribution is 2.43. The van der Waals surface area contributed by atoms with Gasteiger partial charge >= 0.3 is 0 Å². The predicted octanol–water partition coefficient (Wildman–Crippen LogP) is 3.08. The second kappa shape index (κ2) is 5.90. The lowest BCUT2D eigenvalue weighted by atomic mass is 9.98. The average Bonchev–Trinajstić information content (AvgIpc) is 3.10. The molecule has 1 saturated carbocycles. The molecule has 2 aliphatic rings. The molecule has 1 saturated heterocycles. The van der Waals surface area contributed by atoms with E-state index in [0.29, 0.717) is 6.10 Å². The first kappa shape index (κ1) is 13.5. The molecule has 3 nitrogen and oxygen atoms in total. The molecular weight excluding hydrogens is 256 g/mol. The smallest absolute Gasteiger partial charge is 0.0897 e. The molecule has 1 aliphatic carbocycles. The van der Waals surface area contributed by atoms with Gasteiger partial charge in [0.25, 0.3) is 0 Å². The number of rotatable bonds is 5. The van der Waals surface area contributed by atoms with Crippen LogP contribution in [0.15, 0.2) is 5.38 Å². The monoisotopic (exact) mass is 280 g/mol. The summed E-state index contributed by atoms with van der Waals surface area (Å²) in [4.78, 5) is 4.49. The topological polar surface area (TPSA) is 34.2 Å². The number of thiazole rings is 1. The molecule has 1 aromatic heterocycles. The van der Waals surface area contributed by atoms with Crippen LogP contribution in [0.5, 0.6) is 0 Å². The Morgan fingerprint density at radius 2 is 2.26 bits per heavy atom. The minimum atomic E-state index is 0.276. The summed E-state index contributed by atoms with van der Waals surface area (Å²) in [6, 6.07) is 0. The van der Waals surface area contributed by atoms with Crippen LogP contribution in [0.3, 0.4) is 0 Å². The van der Waals surface area contributed by atoms with Gasteiger partial charge in [-0.25, -0.2) is 4.98 Å². The number of nitrogens with one attached hydrogen (secondary N) is 1. The molecule has 2 heterocycles. The fourth-order valence-corrected chi connectivity index (χ4v) is 4.08. The maximum Gasteiger partial charge on any atom is 0.0897 e. The second-order valence-corrected chi connectivity index (χ2v) is 7.04. The third-order valence-electron chi connectivity index (χ3n) is 4.45. The molecule has 1 spiro atoms. The van der Waals surface area contributed by atoms with Crippen LogP contribution in [0.4, 0.5) is 0 Å². The van der Waals surface area contributed by atoms with Crippen molar-refractivity contribution in [2.24, 2.45) is 0 Å². The van der Waals surface area contributed by atoms with Gasteiger partial charge in [-0.05, 0) is 32.6 Å². The zero-order valence-corrected chi connectivity index (χ0v) is 12.6. The molecular formula is C15H24N2OS. The van der Waals surface area contributed by atoms with E-state index in [0.717, 1.165) is 24.5 Å². The molecule has 0 aromatic carbocycles. The summed E-state index contributed by atoms with van der Waals surface area (Å²) in [5, 5.41) is 6.86. The zero-order valence-electron chi connectivity index (χ0n) is 11.8. The molecule has 3 rings (SSSR count). The van der Waals surface area contributed by atoms with Crippen molar-refractivity contribution >= 4 is 11.3 Å². The van der Waals surface area contributed by atoms with Crippen LogP contribution in [0.25, 0.3) is 0 Å². The Bertz CT molecular complexity index is 412. The summed E-state index contributed by atoms with van der Waals surface area (Å²) in [6.45, 7) is 4.08. The second-order valence-electron chi connectivity index (χ2n) is 5.98. The highest BCUT2D eigenvalue weighted by molar-refractivity contribution is 7.09. The van der Waals surface area contributed by atoms with Crippen LogP contribution in [0.1, 0.15) is 49.2 Å². The molecule has 106 valence electrons. The van der Waals surface area contributed by atoms with E-state index in [1.807, 2.05) is 0 Å². The van der Waals surface area contributed by atoms with Crippen molar-refractivity contribution in [2.75, 3.05) is 13.1 Å². The lowest BCUT2D eigenvalue weighted by molar-refractivity contribution is -0.0349. The first-order valence-corrected chi connectivity index (χ1v) is 8.43. The summed E-state index contributed by atoms with van der Waals surface area (Å²) in [5.41, 5.74) is 1.49. The van der Waals surface area contributed by atoms with Gasteiger partial charge in [0.05, 0.1) is 22.4 Å². The molecule has 1 N–H and O–H groups in total. The Labute approximate surface area is 119 Å². The first-order chi connectivity index (χ1) is 9.26. The standard InChI is InChI=1S/C15H24N2OS/c1-12-17-13(11-19-12)5-9-16-10-14-4-8-15(18-14)6-2-3-7-15/h11,14,16H,2-10H2,1H3. The van der Waals surface area contributed by atoms with Crippen molar-refractivity contribution in [1.82, 2.24) is 10.3 Å². The summed E-state index contributed by atoms with van der Waals surface area (Å²) < 4.78 is 6.29. The fraction of sp³-hybridized carbons (Fsp3) is 0.800.